The summed E-state index contributed by atoms with van der Waals surface area (Å²) in [4.78, 5) is 11.4. The summed E-state index contributed by atoms with van der Waals surface area (Å²) in [5.41, 5.74) is 4.59. The minimum atomic E-state index is -4.28. The number of ether oxygens (including phenoxy) is 1. The van der Waals surface area contributed by atoms with E-state index in [0.717, 1.165) is 12.8 Å². The van der Waals surface area contributed by atoms with Gasteiger partial charge in [0.15, 0.2) is 0 Å². The van der Waals surface area contributed by atoms with E-state index in [2.05, 4.69) is 10.1 Å². The van der Waals surface area contributed by atoms with Gasteiger partial charge in [-0.25, -0.2) is 0 Å². The molecule has 0 aromatic heterocycles. The highest BCUT2D eigenvalue weighted by molar-refractivity contribution is 5.84. The van der Waals surface area contributed by atoms with Gasteiger partial charge >= 0.3 is 6.18 Å². The molecular formula is C12H21F3N2O2. The maximum atomic E-state index is 11.8. The molecular weight excluding hydrogens is 261 g/mol. The van der Waals surface area contributed by atoms with E-state index >= 15 is 0 Å². The summed E-state index contributed by atoms with van der Waals surface area (Å²) in [6, 6.07) is 0.346. The van der Waals surface area contributed by atoms with Crippen LogP contribution >= 0.6 is 0 Å². The molecule has 0 saturated heterocycles. The fourth-order valence-electron chi connectivity index (χ4n) is 1.82. The zero-order valence-electron chi connectivity index (χ0n) is 11.1. The second-order valence-electron chi connectivity index (χ2n) is 5.24. The van der Waals surface area contributed by atoms with E-state index in [1.807, 2.05) is 0 Å². The third-order valence-electron chi connectivity index (χ3n) is 3.13. The van der Waals surface area contributed by atoms with Crippen molar-refractivity contribution in [1.82, 2.24) is 5.32 Å². The van der Waals surface area contributed by atoms with E-state index in [-0.39, 0.29) is 6.61 Å². The molecule has 0 aromatic rings. The van der Waals surface area contributed by atoms with Crippen LogP contribution in [0.3, 0.4) is 0 Å². The summed E-state index contributed by atoms with van der Waals surface area (Å²) in [6.45, 7) is 0.558. The smallest absolute Gasteiger partial charge is 0.372 e. The summed E-state index contributed by atoms with van der Waals surface area (Å²) in [6.07, 6.45) is -0.624. The highest BCUT2D eigenvalue weighted by Crippen LogP contribution is 2.25. The first-order valence-electron chi connectivity index (χ1n) is 6.45. The van der Waals surface area contributed by atoms with Crippen LogP contribution in [0.1, 0.15) is 39.0 Å². The molecule has 19 heavy (non-hydrogen) atoms. The molecule has 7 heteroatoms. The van der Waals surface area contributed by atoms with Crippen LogP contribution in [0.2, 0.25) is 0 Å². The van der Waals surface area contributed by atoms with E-state index in [1.54, 1.807) is 6.92 Å². The van der Waals surface area contributed by atoms with E-state index in [9.17, 15) is 18.0 Å². The number of carbonyl (C=O) groups is 1. The lowest BCUT2D eigenvalue weighted by Crippen LogP contribution is -2.53. The zero-order valence-corrected chi connectivity index (χ0v) is 11.1. The van der Waals surface area contributed by atoms with Crippen LogP contribution in [0, 0.1) is 0 Å². The van der Waals surface area contributed by atoms with Crippen molar-refractivity contribution in [3.63, 3.8) is 0 Å². The molecule has 0 aromatic carbocycles. The van der Waals surface area contributed by atoms with Crippen LogP contribution in [0.25, 0.3) is 0 Å². The zero-order chi connectivity index (χ0) is 14.5. The predicted molar refractivity (Wildman–Crippen MR) is 64.5 cm³/mol. The van der Waals surface area contributed by atoms with Gasteiger partial charge in [-0.3, -0.25) is 4.79 Å². The van der Waals surface area contributed by atoms with Crippen molar-refractivity contribution >= 4 is 5.91 Å². The number of nitrogens with one attached hydrogen (secondary N) is 1. The first kappa shape index (κ1) is 16.2. The highest BCUT2D eigenvalue weighted by atomic mass is 19.4. The molecule has 0 radical (unpaired) electrons. The second-order valence-corrected chi connectivity index (χ2v) is 5.24. The molecule has 1 amide bonds. The van der Waals surface area contributed by atoms with E-state index < -0.39 is 24.2 Å². The Labute approximate surface area is 110 Å². The average molecular weight is 282 g/mol. The van der Waals surface area contributed by atoms with Crippen LogP contribution < -0.4 is 11.1 Å². The summed E-state index contributed by atoms with van der Waals surface area (Å²) in [7, 11) is 0. The number of hydrogen-bond acceptors (Lipinski definition) is 3. The van der Waals surface area contributed by atoms with Crippen LogP contribution in [0.15, 0.2) is 0 Å². The van der Waals surface area contributed by atoms with Gasteiger partial charge in [0.2, 0.25) is 5.91 Å². The van der Waals surface area contributed by atoms with Crippen molar-refractivity contribution in [3.8, 4) is 0 Å². The Balaban J connectivity index is 2.16. The standard InChI is InChI=1S/C12H21F3N2O2/c1-11(10(16)18,17-9-4-5-9)6-2-3-7-19-8-12(13,14)15/h9,17H,2-8H2,1H3,(H2,16,18). The molecule has 0 heterocycles. The molecule has 1 saturated carbocycles. The maximum absolute atomic E-state index is 11.8. The molecule has 3 N–H and O–H groups in total. The van der Waals surface area contributed by atoms with Crippen molar-refractivity contribution in [3.05, 3.63) is 0 Å². The monoisotopic (exact) mass is 282 g/mol. The molecule has 0 bridgehead atoms. The number of hydrogen-bond donors (Lipinski definition) is 2. The Hall–Kier alpha value is -0.820. The van der Waals surface area contributed by atoms with Gasteiger partial charge in [-0.1, -0.05) is 0 Å². The predicted octanol–water partition coefficient (Wildman–Crippen LogP) is 1.73. The highest BCUT2D eigenvalue weighted by Gasteiger charge is 2.36. The Morgan fingerprint density at radius 2 is 2.00 bits per heavy atom. The van der Waals surface area contributed by atoms with Gasteiger partial charge in [0.25, 0.3) is 0 Å². The lowest BCUT2D eigenvalue weighted by Gasteiger charge is -2.27. The van der Waals surface area contributed by atoms with Crippen LogP contribution in [0.4, 0.5) is 13.2 Å². The first-order chi connectivity index (χ1) is 8.73. The molecule has 1 fully saturated rings. The fourth-order valence-corrected chi connectivity index (χ4v) is 1.82. The number of amides is 1. The van der Waals surface area contributed by atoms with Crippen molar-refractivity contribution in [2.75, 3.05) is 13.2 Å². The van der Waals surface area contributed by atoms with Gasteiger partial charge in [0, 0.05) is 12.6 Å². The second kappa shape index (κ2) is 6.56. The Bertz CT molecular complexity index is 306. The lowest BCUT2D eigenvalue weighted by atomic mass is 9.94. The molecule has 1 unspecified atom stereocenters. The maximum Gasteiger partial charge on any atom is 0.411 e. The summed E-state index contributed by atoms with van der Waals surface area (Å²) in [5.74, 6) is -0.421. The first-order valence-corrected chi connectivity index (χ1v) is 6.45. The minimum absolute atomic E-state index is 0.0395. The SMILES string of the molecule is CC(CCCCOCC(F)(F)F)(NC1CC1)C(N)=O. The molecule has 1 rings (SSSR count). The summed E-state index contributed by atoms with van der Waals surface area (Å²) < 4.78 is 39.9. The van der Waals surface area contributed by atoms with Crippen molar-refractivity contribution in [2.24, 2.45) is 5.73 Å². The number of nitrogens with two attached hydrogens (primary N) is 1. The molecule has 112 valence electrons. The fraction of sp³-hybridized carbons (Fsp3) is 0.917. The summed E-state index contributed by atoms with van der Waals surface area (Å²) >= 11 is 0. The minimum Gasteiger partial charge on any atom is -0.372 e. The van der Waals surface area contributed by atoms with Gasteiger partial charge in [0.05, 0.1) is 5.54 Å². The number of rotatable bonds is 9. The molecule has 0 spiro atoms. The molecule has 4 nitrogen and oxygen atoms in total. The topological polar surface area (TPSA) is 64.3 Å². The Morgan fingerprint density at radius 1 is 1.37 bits per heavy atom. The number of alkyl halides is 3. The van der Waals surface area contributed by atoms with Gasteiger partial charge in [-0.2, -0.15) is 13.2 Å². The normalized spacial score (nSPS) is 19.2. The van der Waals surface area contributed by atoms with E-state index in [1.165, 1.54) is 0 Å². The molecule has 1 atom stereocenters. The van der Waals surface area contributed by atoms with E-state index in [4.69, 9.17) is 5.73 Å². The number of primary amides is 1. The van der Waals surface area contributed by atoms with Gasteiger partial charge < -0.3 is 15.8 Å². The van der Waals surface area contributed by atoms with Crippen LogP contribution in [-0.4, -0.2) is 36.9 Å². The largest absolute Gasteiger partial charge is 0.411 e. The molecule has 1 aliphatic rings. The van der Waals surface area contributed by atoms with Crippen molar-refractivity contribution in [1.29, 1.82) is 0 Å². The Morgan fingerprint density at radius 3 is 2.47 bits per heavy atom. The molecule has 1 aliphatic carbocycles. The number of unbranched alkanes of at least 4 members (excludes halogenated alkanes) is 1. The van der Waals surface area contributed by atoms with Crippen molar-refractivity contribution in [2.45, 2.75) is 56.8 Å². The van der Waals surface area contributed by atoms with Crippen molar-refractivity contribution < 1.29 is 22.7 Å². The van der Waals surface area contributed by atoms with Gasteiger partial charge in [-0.05, 0) is 39.0 Å². The third kappa shape index (κ3) is 6.77. The van der Waals surface area contributed by atoms with E-state index in [0.29, 0.717) is 25.3 Å². The lowest BCUT2D eigenvalue weighted by molar-refractivity contribution is -0.174. The number of halogens is 3. The molecule has 0 aliphatic heterocycles. The van der Waals surface area contributed by atoms with Crippen LogP contribution in [-0.2, 0) is 9.53 Å². The Kier molecular flexibility index (Phi) is 5.61. The van der Waals surface area contributed by atoms with Gasteiger partial charge in [-0.15, -0.1) is 0 Å². The van der Waals surface area contributed by atoms with Gasteiger partial charge in [0.1, 0.15) is 6.61 Å². The van der Waals surface area contributed by atoms with Crippen LogP contribution in [0.5, 0.6) is 0 Å². The third-order valence-corrected chi connectivity index (χ3v) is 3.13. The number of carbonyl (C=O) groups excluding carboxylic acids is 1. The average Bonchev–Trinajstić information content (AvgIpc) is 3.05. The summed E-state index contributed by atoms with van der Waals surface area (Å²) in [5, 5.41) is 3.19. The quantitative estimate of drug-likeness (QED) is 0.633.